The number of rotatable bonds is 6. The summed E-state index contributed by atoms with van der Waals surface area (Å²) in [6.45, 7) is -0.0241. The second kappa shape index (κ2) is 5.40. The smallest absolute Gasteiger partial charge is 0.328 e. The van der Waals surface area contributed by atoms with Crippen molar-refractivity contribution < 1.29 is 23.6 Å². The molecule has 1 fully saturated rings. The molecule has 6 nitrogen and oxygen atoms in total. The first kappa shape index (κ1) is 14.2. The molecule has 0 radical (unpaired) electrons. The van der Waals surface area contributed by atoms with Crippen molar-refractivity contribution in [1.82, 2.24) is 0 Å². The summed E-state index contributed by atoms with van der Waals surface area (Å²) in [5.74, 6) is -3.26. The summed E-state index contributed by atoms with van der Waals surface area (Å²) >= 11 is 0. The van der Waals surface area contributed by atoms with E-state index in [9.17, 15) is 23.7 Å². The fraction of sp³-hybridized carbons (Fsp3) is 0.417. The number of benzene rings is 1. The maximum atomic E-state index is 13.6. The van der Waals surface area contributed by atoms with Gasteiger partial charge < -0.3 is 10.0 Å². The molecule has 0 amide bonds. The molecule has 1 aromatic rings. The van der Waals surface area contributed by atoms with Crippen LogP contribution in [0.3, 0.4) is 0 Å². The number of carbonyl (C=O) groups is 1. The van der Waals surface area contributed by atoms with E-state index in [1.807, 2.05) is 0 Å². The lowest BCUT2D eigenvalue weighted by Gasteiger charge is -2.23. The van der Waals surface area contributed by atoms with Crippen LogP contribution in [0.2, 0.25) is 0 Å². The van der Waals surface area contributed by atoms with Gasteiger partial charge in [-0.05, 0) is 12.8 Å². The van der Waals surface area contributed by atoms with Crippen molar-refractivity contribution in [2.24, 2.45) is 0 Å². The molecule has 20 heavy (non-hydrogen) atoms. The Morgan fingerprint density at radius 1 is 1.45 bits per heavy atom. The van der Waals surface area contributed by atoms with Crippen LogP contribution in [0.25, 0.3) is 0 Å². The van der Waals surface area contributed by atoms with E-state index in [1.165, 1.54) is 4.90 Å². The summed E-state index contributed by atoms with van der Waals surface area (Å²) in [7, 11) is 0. The molecule has 1 aliphatic carbocycles. The van der Waals surface area contributed by atoms with E-state index in [-0.39, 0.29) is 24.7 Å². The molecule has 0 aromatic heterocycles. The second-order valence-corrected chi connectivity index (χ2v) is 4.58. The van der Waals surface area contributed by atoms with Gasteiger partial charge in [-0.2, -0.15) is 4.39 Å². The Labute approximate surface area is 112 Å². The molecule has 108 valence electrons. The van der Waals surface area contributed by atoms with Crippen molar-refractivity contribution in [1.29, 1.82) is 0 Å². The molecule has 0 aliphatic heterocycles. The molecule has 0 atom stereocenters. The van der Waals surface area contributed by atoms with Gasteiger partial charge in [-0.15, -0.1) is 0 Å². The number of carboxylic acids is 1. The van der Waals surface area contributed by atoms with Crippen molar-refractivity contribution in [3.63, 3.8) is 0 Å². The summed E-state index contributed by atoms with van der Waals surface area (Å²) in [4.78, 5) is 22.0. The van der Waals surface area contributed by atoms with E-state index in [0.717, 1.165) is 18.9 Å². The lowest BCUT2D eigenvalue weighted by Crippen LogP contribution is -2.29. The highest BCUT2D eigenvalue weighted by Crippen LogP contribution is 2.38. The molecule has 0 unspecified atom stereocenters. The fourth-order valence-corrected chi connectivity index (χ4v) is 2.05. The summed E-state index contributed by atoms with van der Waals surface area (Å²) in [5, 5.41) is 19.6. The van der Waals surface area contributed by atoms with Crippen LogP contribution in [-0.4, -0.2) is 28.6 Å². The van der Waals surface area contributed by atoms with Crippen LogP contribution in [0.15, 0.2) is 12.1 Å². The first-order valence-corrected chi connectivity index (χ1v) is 6.02. The van der Waals surface area contributed by atoms with E-state index in [2.05, 4.69) is 0 Å². The van der Waals surface area contributed by atoms with Crippen LogP contribution in [0.1, 0.15) is 19.3 Å². The zero-order chi connectivity index (χ0) is 14.9. The quantitative estimate of drug-likeness (QED) is 0.641. The lowest BCUT2D eigenvalue weighted by molar-refractivity contribution is -0.386. The molecule has 0 bridgehead atoms. The van der Waals surface area contributed by atoms with Crippen molar-refractivity contribution in [2.45, 2.75) is 25.3 Å². The molecule has 0 heterocycles. The average molecular weight is 286 g/mol. The Kier molecular flexibility index (Phi) is 3.82. The van der Waals surface area contributed by atoms with E-state index >= 15 is 0 Å². The van der Waals surface area contributed by atoms with Gasteiger partial charge in [-0.1, -0.05) is 0 Å². The number of anilines is 1. The van der Waals surface area contributed by atoms with Crippen LogP contribution in [0.4, 0.5) is 20.2 Å². The molecular formula is C12H12F2N2O4. The van der Waals surface area contributed by atoms with Crippen molar-refractivity contribution in [3.05, 3.63) is 33.9 Å². The number of nitro benzene ring substituents is 1. The number of nitrogens with zero attached hydrogens (tertiary/aromatic N) is 2. The lowest BCUT2D eigenvalue weighted by atomic mass is 10.2. The van der Waals surface area contributed by atoms with E-state index < -0.39 is 28.2 Å². The van der Waals surface area contributed by atoms with Gasteiger partial charge in [0.15, 0.2) is 0 Å². The number of halogens is 2. The molecule has 2 rings (SSSR count). The third kappa shape index (κ3) is 3.01. The van der Waals surface area contributed by atoms with E-state index in [4.69, 9.17) is 5.11 Å². The minimum absolute atomic E-state index is 0.0241. The van der Waals surface area contributed by atoms with E-state index in [1.54, 1.807) is 0 Å². The molecule has 1 N–H and O–H groups in total. The zero-order valence-electron chi connectivity index (χ0n) is 10.4. The Morgan fingerprint density at radius 2 is 2.10 bits per heavy atom. The molecule has 0 spiro atoms. The maximum absolute atomic E-state index is 13.6. The first-order valence-electron chi connectivity index (χ1n) is 6.02. The van der Waals surface area contributed by atoms with Crippen molar-refractivity contribution in [3.8, 4) is 0 Å². The molecular weight excluding hydrogens is 274 g/mol. The highest BCUT2D eigenvalue weighted by molar-refractivity contribution is 5.70. The molecule has 8 heteroatoms. The largest absolute Gasteiger partial charge is 0.481 e. The Hall–Kier alpha value is -2.25. The van der Waals surface area contributed by atoms with Crippen molar-refractivity contribution in [2.75, 3.05) is 11.4 Å². The third-order valence-corrected chi connectivity index (χ3v) is 3.05. The summed E-state index contributed by atoms with van der Waals surface area (Å²) in [5.41, 5.74) is -1.01. The highest BCUT2D eigenvalue weighted by Gasteiger charge is 2.35. The SMILES string of the molecule is O=C(O)CCN(c1cc(F)cc(F)c1[N+](=O)[O-])C1CC1. The minimum atomic E-state index is -1.26. The molecule has 0 saturated heterocycles. The number of hydrogen-bond acceptors (Lipinski definition) is 4. The number of carboxylic acid groups (broad SMARTS) is 1. The van der Waals surface area contributed by atoms with Gasteiger partial charge in [0.05, 0.1) is 11.3 Å². The van der Waals surface area contributed by atoms with Gasteiger partial charge in [0.1, 0.15) is 11.5 Å². The van der Waals surface area contributed by atoms with Gasteiger partial charge in [0.2, 0.25) is 5.82 Å². The molecule has 1 aromatic carbocycles. The van der Waals surface area contributed by atoms with E-state index in [0.29, 0.717) is 6.07 Å². The molecule has 1 aliphatic rings. The first-order chi connectivity index (χ1) is 9.40. The third-order valence-electron chi connectivity index (χ3n) is 3.05. The van der Waals surface area contributed by atoms with Gasteiger partial charge in [0.25, 0.3) is 0 Å². The highest BCUT2D eigenvalue weighted by atomic mass is 19.1. The van der Waals surface area contributed by atoms with Crippen LogP contribution in [0.5, 0.6) is 0 Å². The number of hydrogen-bond donors (Lipinski definition) is 1. The molecule has 1 saturated carbocycles. The predicted molar refractivity (Wildman–Crippen MR) is 65.6 cm³/mol. The predicted octanol–water partition coefficient (Wildman–Crippen LogP) is 2.32. The Balaban J connectivity index is 2.41. The monoisotopic (exact) mass is 286 g/mol. The minimum Gasteiger partial charge on any atom is -0.481 e. The van der Waals surface area contributed by atoms with Crippen LogP contribution >= 0.6 is 0 Å². The summed E-state index contributed by atoms with van der Waals surface area (Å²) in [6.07, 6.45) is 1.18. The van der Waals surface area contributed by atoms with Crippen LogP contribution in [-0.2, 0) is 4.79 Å². The fourth-order valence-electron chi connectivity index (χ4n) is 2.05. The normalized spacial score (nSPS) is 14.1. The van der Waals surface area contributed by atoms with Gasteiger partial charge in [0, 0.05) is 24.7 Å². The summed E-state index contributed by atoms with van der Waals surface area (Å²) in [6, 6.07) is 1.22. The zero-order valence-corrected chi connectivity index (χ0v) is 10.4. The van der Waals surface area contributed by atoms with Gasteiger partial charge in [-0.25, -0.2) is 4.39 Å². The van der Waals surface area contributed by atoms with Crippen molar-refractivity contribution >= 4 is 17.3 Å². The summed E-state index contributed by atoms with van der Waals surface area (Å²) < 4.78 is 26.9. The average Bonchev–Trinajstić information content (AvgIpc) is 3.11. The van der Waals surface area contributed by atoms with Gasteiger partial charge in [-0.3, -0.25) is 14.9 Å². The number of aliphatic carboxylic acids is 1. The Bertz CT molecular complexity index is 561. The number of nitro groups is 1. The maximum Gasteiger partial charge on any atom is 0.328 e. The standard InChI is InChI=1S/C12H12F2N2O4/c13-7-5-9(14)12(16(19)20)10(6-7)15(8-1-2-8)4-3-11(17)18/h5-6,8H,1-4H2,(H,17,18). The van der Waals surface area contributed by atoms with Crippen LogP contribution in [0, 0.1) is 21.7 Å². The van der Waals surface area contributed by atoms with Crippen LogP contribution < -0.4 is 4.90 Å². The van der Waals surface area contributed by atoms with Gasteiger partial charge >= 0.3 is 11.7 Å². The topological polar surface area (TPSA) is 83.7 Å². The Morgan fingerprint density at radius 3 is 2.60 bits per heavy atom. The second-order valence-electron chi connectivity index (χ2n) is 4.58.